The number of ether oxygens (including phenoxy) is 1. The summed E-state index contributed by atoms with van der Waals surface area (Å²) in [5, 5.41) is 9.74. The summed E-state index contributed by atoms with van der Waals surface area (Å²) in [6.45, 7) is -2.84. The first kappa shape index (κ1) is 20.9. The van der Waals surface area contributed by atoms with E-state index in [4.69, 9.17) is 4.52 Å². The number of benzene rings is 2. The number of para-hydroxylation sites is 1. The van der Waals surface area contributed by atoms with Gasteiger partial charge in [-0.3, -0.25) is 9.78 Å². The largest absolute Gasteiger partial charge is 0.435 e. The summed E-state index contributed by atoms with van der Waals surface area (Å²) in [6, 6.07) is 16.4. The van der Waals surface area contributed by atoms with Crippen LogP contribution in [0.25, 0.3) is 11.4 Å². The monoisotopic (exact) mass is 437 g/mol. The van der Waals surface area contributed by atoms with Gasteiger partial charge in [0.25, 0.3) is 5.91 Å². The van der Waals surface area contributed by atoms with E-state index in [9.17, 15) is 13.6 Å². The van der Waals surface area contributed by atoms with Crippen LogP contribution in [0.5, 0.6) is 5.75 Å². The van der Waals surface area contributed by atoms with Crippen molar-refractivity contribution >= 4 is 17.3 Å². The molecule has 0 spiro atoms. The van der Waals surface area contributed by atoms with Gasteiger partial charge in [0, 0.05) is 23.6 Å². The molecule has 1 amide bonds. The third kappa shape index (κ3) is 5.22. The van der Waals surface area contributed by atoms with Gasteiger partial charge in [0.05, 0.1) is 17.8 Å². The fraction of sp³-hybridized carbons (Fsp3) is 0.0909. The third-order valence-electron chi connectivity index (χ3n) is 4.34. The Morgan fingerprint density at radius 1 is 1.03 bits per heavy atom. The summed E-state index contributed by atoms with van der Waals surface area (Å²) >= 11 is 0. The zero-order valence-electron chi connectivity index (χ0n) is 16.5. The molecule has 0 atom stereocenters. The number of rotatable bonds is 8. The van der Waals surface area contributed by atoms with Crippen molar-refractivity contribution in [3.05, 3.63) is 84.5 Å². The van der Waals surface area contributed by atoms with Crippen molar-refractivity contribution in [3.63, 3.8) is 0 Å². The number of carbonyl (C=O) groups is 1. The van der Waals surface area contributed by atoms with Gasteiger partial charge in [-0.15, -0.1) is 0 Å². The van der Waals surface area contributed by atoms with Gasteiger partial charge < -0.3 is 19.9 Å². The molecule has 2 N–H and O–H groups in total. The van der Waals surface area contributed by atoms with Crippen molar-refractivity contribution in [3.8, 4) is 17.1 Å². The van der Waals surface area contributed by atoms with Gasteiger partial charge in [0.1, 0.15) is 5.75 Å². The first-order chi connectivity index (χ1) is 15.6. The molecule has 0 radical (unpaired) electrons. The van der Waals surface area contributed by atoms with Crippen LogP contribution >= 0.6 is 0 Å². The highest BCUT2D eigenvalue weighted by molar-refractivity contribution is 6.00. The van der Waals surface area contributed by atoms with Gasteiger partial charge in [-0.05, 0) is 48.5 Å². The van der Waals surface area contributed by atoms with Crippen LogP contribution in [0.1, 0.15) is 16.2 Å². The first-order valence-corrected chi connectivity index (χ1v) is 9.50. The Morgan fingerprint density at radius 3 is 2.53 bits per heavy atom. The summed E-state index contributed by atoms with van der Waals surface area (Å²) in [6.07, 6.45) is 3.24. The number of carbonyl (C=O) groups excluding carboxylic acids is 1. The summed E-state index contributed by atoms with van der Waals surface area (Å²) in [5.41, 5.74) is 2.27. The highest BCUT2D eigenvalue weighted by Gasteiger charge is 2.14. The van der Waals surface area contributed by atoms with Crippen LogP contribution in [0.3, 0.4) is 0 Å². The van der Waals surface area contributed by atoms with Crippen molar-refractivity contribution in [1.82, 2.24) is 20.4 Å². The van der Waals surface area contributed by atoms with Crippen molar-refractivity contribution < 1.29 is 22.8 Å². The van der Waals surface area contributed by atoms with E-state index >= 15 is 0 Å². The van der Waals surface area contributed by atoms with E-state index in [-0.39, 0.29) is 24.1 Å². The number of pyridine rings is 1. The number of hydrogen-bond donors (Lipinski definition) is 2. The van der Waals surface area contributed by atoms with Crippen molar-refractivity contribution in [1.29, 1.82) is 0 Å². The van der Waals surface area contributed by atoms with Gasteiger partial charge in [0.15, 0.2) is 0 Å². The minimum absolute atomic E-state index is 0.0438. The second-order valence-corrected chi connectivity index (χ2v) is 6.50. The average molecular weight is 437 g/mol. The highest BCUT2D eigenvalue weighted by atomic mass is 19.3. The topological polar surface area (TPSA) is 102 Å². The van der Waals surface area contributed by atoms with Gasteiger partial charge in [0.2, 0.25) is 11.7 Å². The molecule has 0 bridgehead atoms. The van der Waals surface area contributed by atoms with Crippen molar-refractivity contribution in [2.24, 2.45) is 0 Å². The molecule has 162 valence electrons. The first-order valence-electron chi connectivity index (χ1n) is 9.50. The molecule has 8 nitrogen and oxygen atoms in total. The number of hydrogen-bond acceptors (Lipinski definition) is 7. The number of nitrogens with zero attached hydrogens (tertiary/aromatic N) is 3. The van der Waals surface area contributed by atoms with E-state index in [1.54, 1.807) is 60.9 Å². The Kier molecular flexibility index (Phi) is 6.30. The average Bonchev–Trinajstić information content (AvgIpc) is 3.29. The van der Waals surface area contributed by atoms with E-state index < -0.39 is 6.61 Å². The lowest BCUT2D eigenvalue weighted by molar-refractivity contribution is -0.0498. The van der Waals surface area contributed by atoms with Gasteiger partial charge in [-0.25, -0.2) is 0 Å². The smallest absolute Gasteiger partial charge is 0.387 e. The lowest BCUT2D eigenvalue weighted by Gasteiger charge is -2.12. The SMILES string of the molecule is O=C(NCc1nc(-c2ccncc2)no1)c1ccccc1Nc1ccc(OC(F)F)cc1. The predicted octanol–water partition coefficient (Wildman–Crippen LogP) is 4.41. The van der Waals surface area contributed by atoms with Crippen LogP contribution in [0.4, 0.5) is 20.2 Å². The number of alkyl halides is 2. The minimum Gasteiger partial charge on any atom is -0.435 e. The molecule has 2 aromatic heterocycles. The molecule has 4 aromatic rings. The summed E-state index contributed by atoms with van der Waals surface area (Å²) in [5.74, 6) is 0.347. The van der Waals surface area contributed by atoms with E-state index in [2.05, 4.69) is 30.5 Å². The molecule has 32 heavy (non-hydrogen) atoms. The van der Waals surface area contributed by atoms with Crippen LogP contribution in [0, 0.1) is 0 Å². The zero-order valence-corrected chi connectivity index (χ0v) is 16.5. The standard InChI is InChI=1S/C22H17F2N5O3/c23-22(24)31-16-7-5-15(6-8-16)27-18-4-2-1-3-17(18)21(30)26-13-19-28-20(29-32-19)14-9-11-25-12-10-14/h1-12,22,27H,13H2,(H,26,30). The maximum absolute atomic E-state index is 12.7. The highest BCUT2D eigenvalue weighted by Crippen LogP contribution is 2.24. The Bertz CT molecular complexity index is 1180. The lowest BCUT2D eigenvalue weighted by Crippen LogP contribution is -2.23. The molecule has 0 aliphatic rings. The fourth-order valence-corrected chi connectivity index (χ4v) is 2.86. The fourth-order valence-electron chi connectivity index (χ4n) is 2.86. The molecule has 0 saturated carbocycles. The molecule has 4 rings (SSSR count). The maximum Gasteiger partial charge on any atom is 0.387 e. The maximum atomic E-state index is 12.7. The number of anilines is 2. The lowest BCUT2D eigenvalue weighted by atomic mass is 10.1. The molecule has 0 aliphatic carbocycles. The normalized spacial score (nSPS) is 10.7. The quantitative estimate of drug-likeness (QED) is 0.421. The summed E-state index contributed by atoms with van der Waals surface area (Å²) in [4.78, 5) is 20.9. The van der Waals surface area contributed by atoms with Crippen LogP contribution in [0.15, 0.2) is 77.6 Å². The molecule has 10 heteroatoms. The van der Waals surface area contributed by atoms with Gasteiger partial charge in [-0.2, -0.15) is 13.8 Å². The van der Waals surface area contributed by atoms with Gasteiger partial charge >= 0.3 is 6.61 Å². The van der Waals surface area contributed by atoms with Crippen LogP contribution in [-0.4, -0.2) is 27.6 Å². The Labute approximate surface area is 181 Å². The molecule has 0 unspecified atom stereocenters. The second kappa shape index (κ2) is 9.65. The number of nitrogens with one attached hydrogen (secondary N) is 2. The van der Waals surface area contributed by atoms with E-state index in [0.717, 1.165) is 5.56 Å². The van der Waals surface area contributed by atoms with E-state index in [1.165, 1.54) is 12.1 Å². The zero-order chi connectivity index (χ0) is 22.3. The Balaban J connectivity index is 1.41. The summed E-state index contributed by atoms with van der Waals surface area (Å²) < 4.78 is 34.1. The molecule has 2 heterocycles. The molecular weight excluding hydrogens is 420 g/mol. The van der Waals surface area contributed by atoms with E-state index in [1.807, 2.05) is 0 Å². The Morgan fingerprint density at radius 2 is 1.78 bits per heavy atom. The molecule has 0 aliphatic heterocycles. The predicted molar refractivity (Wildman–Crippen MR) is 111 cm³/mol. The second-order valence-electron chi connectivity index (χ2n) is 6.50. The van der Waals surface area contributed by atoms with Crippen LogP contribution < -0.4 is 15.4 Å². The minimum atomic E-state index is -2.89. The molecule has 0 saturated heterocycles. The van der Waals surface area contributed by atoms with E-state index in [0.29, 0.717) is 22.8 Å². The van der Waals surface area contributed by atoms with Crippen LogP contribution in [-0.2, 0) is 6.54 Å². The number of amides is 1. The molecule has 0 fully saturated rings. The molecule has 2 aromatic carbocycles. The summed E-state index contributed by atoms with van der Waals surface area (Å²) in [7, 11) is 0. The van der Waals surface area contributed by atoms with Crippen LogP contribution in [0.2, 0.25) is 0 Å². The Hall–Kier alpha value is -4.34. The van der Waals surface area contributed by atoms with Crippen molar-refractivity contribution in [2.45, 2.75) is 13.2 Å². The number of halogens is 2. The number of aromatic nitrogens is 3. The third-order valence-corrected chi connectivity index (χ3v) is 4.34. The molecular formula is C22H17F2N5O3. The van der Waals surface area contributed by atoms with Gasteiger partial charge in [-0.1, -0.05) is 17.3 Å². The van der Waals surface area contributed by atoms with Crippen molar-refractivity contribution in [2.75, 3.05) is 5.32 Å².